The Morgan fingerprint density at radius 1 is 0.265 bits per heavy atom. The maximum Gasteiger partial charge on any atom is 0.226 e. The average Bonchev–Trinajstić information content (AvgIpc) is 1.63. The van der Waals surface area contributed by atoms with Crippen LogP contribution in [0.25, 0.3) is 223 Å². The molecule has 0 radical (unpaired) electrons. The zero-order valence-corrected chi connectivity index (χ0v) is 80.2. The number of H-pyrrole nitrogens is 8. The molecule has 0 fully saturated rings. The molecular weight excluding hydrogens is 1850 g/mol. The third-order valence-electron chi connectivity index (χ3n) is 23.8. The molecular formula is C107H90N36O4. The summed E-state index contributed by atoms with van der Waals surface area (Å²) in [6.45, 7) is 15.8. The molecule has 24 heterocycles. The van der Waals surface area contributed by atoms with Gasteiger partial charge in [0, 0.05) is 215 Å². The first-order chi connectivity index (χ1) is 71.7. The molecule has 0 saturated heterocycles. The van der Waals surface area contributed by atoms with E-state index in [9.17, 15) is 19.2 Å². The highest BCUT2D eigenvalue weighted by atomic mass is 16.2. The van der Waals surface area contributed by atoms with Gasteiger partial charge in [-0.3, -0.25) is 99.4 Å². The molecule has 40 heteroatoms. The second-order valence-electron chi connectivity index (χ2n) is 36.3. The smallest absolute Gasteiger partial charge is 0.226 e. The van der Waals surface area contributed by atoms with E-state index in [1.807, 2.05) is 159 Å². The Hall–Kier alpha value is -20.0. The van der Waals surface area contributed by atoms with Crippen LogP contribution in [0.1, 0.15) is 74.7 Å². The van der Waals surface area contributed by atoms with Crippen LogP contribution >= 0.6 is 0 Å². The molecule has 0 aliphatic rings. The number of aromatic amines is 8. The maximum atomic E-state index is 12.2. The third-order valence-corrected chi connectivity index (χ3v) is 23.8. The van der Waals surface area contributed by atoms with Crippen molar-refractivity contribution in [2.75, 3.05) is 21.3 Å². The number of aromatic nitrogens is 32. The highest BCUT2D eigenvalue weighted by molar-refractivity contribution is 6.04. The molecule has 0 atom stereocenters. The van der Waals surface area contributed by atoms with Gasteiger partial charge >= 0.3 is 0 Å². The summed E-state index contributed by atoms with van der Waals surface area (Å²) in [7, 11) is 0. The van der Waals surface area contributed by atoms with Crippen LogP contribution in [-0.4, -0.2) is 184 Å². The number of amides is 4. The number of anilines is 4. The lowest BCUT2D eigenvalue weighted by Crippen LogP contribution is -2.17. The fraction of sp³-hybridized carbons (Fsp3) is 0.140. The molecule has 24 aromatic heterocycles. The Bertz CT molecular complexity index is 8390. The molecule has 0 unspecified atom stereocenters. The van der Waals surface area contributed by atoms with Crippen molar-refractivity contribution in [3.8, 4) is 135 Å². The topological polar surface area (TPSA) is 552 Å². The number of hydrogen-bond donors (Lipinski definition) is 12. The van der Waals surface area contributed by atoms with Crippen LogP contribution in [-0.2, 0) is 19.2 Å². The minimum Gasteiger partial charge on any atom is -0.335 e. The van der Waals surface area contributed by atoms with Crippen molar-refractivity contribution in [1.82, 2.24) is 160 Å². The molecule has 722 valence electrons. The van der Waals surface area contributed by atoms with Gasteiger partial charge in [-0.1, -0.05) is 67.5 Å². The molecule has 147 heavy (non-hydrogen) atoms. The number of pyridine rings is 16. The van der Waals surface area contributed by atoms with Crippen molar-refractivity contribution in [2.45, 2.75) is 74.7 Å². The van der Waals surface area contributed by atoms with Crippen LogP contribution in [0.15, 0.2) is 270 Å². The molecule has 24 rings (SSSR count). The minimum atomic E-state index is -0.127. The molecule has 0 aliphatic carbocycles. The van der Waals surface area contributed by atoms with E-state index in [-0.39, 0.29) is 47.3 Å². The first-order valence-corrected chi connectivity index (χ1v) is 47.1. The molecule has 0 spiro atoms. The first-order valence-electron chi connectivity index (χ1n) is 47.1. The van der Waals surface area contributed by atoms with E-state index in [1.165, 1.54) is 0 Å². The lowest BCUT2D eigenvalue weighted by molar-refractivity contribution is -0.119. The van der Waals surface area contributed by atoms with Crippen LogP contribution < -0.4 is 21.3 Å². The average molecular weight is 1940 g/mol. The summed E-state index contributed by atoms with van der Waals surface area (Å²) in [6.07, 6.45) is 48.2. The monoisotopic (exact) mass is 1940 g/mol. The Kier molecular flexibility index (Phi) is 26.1. The van der Waals surface area contributed by atoms with Gasteiger partial charge < -0.3 is 41.2 Å². The second kappa shape index (κ2) is 41.1. The second-order valence-corrected chi connectivity index (χ2v) is 36.3. The Balaban J connectivity index is 0.000000115. The molecule has 24 aromatic rings. The van der Waals surface area contributed by atoms with E-state index in [0.717, 1.165) is 161 Å². The summed E-state index contributed by atoms with van der Waals surface area (Å²) < 4.78 is 0. The van der Waals surface area contributed by atoms with Crippen molar-refractivity contribution in [3.05, 3.63) is 270 Å². The lowest BCUT2D eigenvalue weighted by Gasteiger charge is -2.09. The van der Waals surface area contributed by atoms with E-state index in [1.54, 1.807) is 167 Å². The molecule has 40 nitrogen and oxygen atoms in total. The van der Waals surface area contributed by atoms with Crippen molar-refractivity contribution >= 4 is 135 Å². The van der Waals surface area contributed by atoms with Crippen LogP contribution in [0.4, 0.5) is 22.7 Å². The number of nitrogens with zero attached hydrogens (tertiary/aromatic N) is 24. The van der Waals surface area contributed by atoms with E-state index < -0.39 is 0 Å². The predicted molar refractivity (Wildman–Crippen MR) is 561 cm³/mol. The van der Waals surface area contributed by atoms with Crippen LogP contribution in [0.2, 0.25) is 0 Å². The number of hydrogen-bond acceptors (Lipinski definition) is 28. The van der Waals surface area contributed by atoms with Gasteiger partial charge in [-0.25, -0.2) is 39.9 Å². The van der Waals surface area contributed by atoms with Gasteiger partial charge in [-0.15, -0.1) is 0 Å². The summed E-state index contributed by atoms with van der Waals surface area (Å²) in [5.41, 5.74) is 28.0. The zero-order valence-electron chi connectivity index (χ0n) is 80.2. The summed E-state index contributed by atoms with van der Waals surface area (Å²) in [5.74, 6) is 3.03. The summed E-state index contributed by atoms with van der Waals surface area (Å²) in [6, 6.07) is 32.8. The van der Waals surface area contributed by atoms with Crippen LogP contribution in [0.3, 0.4) is 0 Å². The largest absolute Gasteiger partial charge is 0.335 e. The Labute approximate surface area is 834 Å². The van der Waals surface area contributed by atoms with Crippen molar-refractivity contribution in [3.63, 3.8) is 0 Å². The molecule has 0 aromatic carbocycles. The number of rotatable bonds is 23. The lowest BCUT2D eigenvalue weighted by atomic mass is 10.1. The van der Waals surface area contributed by atoms with Crippen molar-refractivity contribution in [1.29, 1.82) is 0 Å². The van der Waals surface area contributed by atoms with E-state index in [0.29, 0.717) is 105 Å². The van der Waals surface area contributed by atoms with Gasteiger partial charge in [0.25, 0.3) is 0 Å². The maximum absolute atomic E-state index is 12.2. The number of nitrogens with one attached hydrogen (secondary N) is 12. The van der Waals surface area contributed by atoms with Crippen molar-refractivity contribution < 1.29 is 19.2 Å². The molecule has 0 saturated carbocycles. The fourth-order valence-electron chi connectivity index (χ4n) is 16.8. The zero-order chi connectivity index (χ0) is 101. The SMILES string of the molecule is CC(C)C(=O)Nc1cncc(-c2cnc3n[nH]c(-c4nc5c(-c6ccncc6)cncc5[nH]4)c3c2)c1.CC(C)CC(=O)Nc1cncc(-c2cnc3n[nH]c(-c4nc5c(-c6ccccn6)cncc5[nH]4)c3c2)c1.CC(C)CC(=O)Nc1cncc(-c2cnc3n[nH]c(-c4nc5c(-c6cccnc6)cncc5[nH]4)c3c2)c1.CC(C)CC(=O)Nc1cncc(-c2cnc3n[nH]c(-c4nc5c(-c6ccncc6)cncc5[nH]4)c3c2)c1. The standard InChI is InChI=1S/3C27H23N9O.C26H21N9O/c1-15(2)7-23(37)32-19-8-17(10-29-12-19)18-9-20-25(35-36-26(20)31-11-18)27-33-22-14-30-13-21(24(22)34-27)16-3-5-28-6-4-16;1-15(2)6-23(37)32-19-7-17(10-29-12-19)18-8-20-25(35-36-26(20)31-11-18)27-33-22-14-30-13-21(24(22)34-27)16-4-3-5-28-9-16;1-15(2)7-23(37)32-18-8-16(10-28-12-18)17-9-19-25(35-36-26(19)31-11-17)27-33-22-14-29-13-20(24(22)34-27)21-5-3-4-6-30-21;1-14(2)26(36)31-18-7-16(9-28-11-18)17-8-19-23(34-35-24(19)30-10-17)25-32-21-13-29-12-20(22(21)33-25)15-3-5-27-6-4-15/h3-6,8-15H,7H2,1-2H3,(H,32,37)(H,33,34)(H,31,35,36);3-5,7-15H,6H2,1-2H3,(H,32,37)(H,33,34)(H,31,35,36);3-6,8-15H,7H2,1-2H3,(H,32,37)(H,33,34)(H,31,35,36);3-14H,1-2H3,(H,31,36)(H,32,33)(H,30,34,35). The number of fused-ring (bicyclic) bond motifs is 8. The van der Waals surface area contributed by atoms with Gasteiger partial charge in [0.05, 0.1) is 133 Å². The summed E-state index contributed by atoms with van der Waals surface area (Å²) >= 11 is 0. The number of carbonyl (C=O) groups excluding carboxylic acids is 4. The van der Waals surface area contributed by atoms with Gasteiger partial charge in [0.15, 0.2) is 45.9 Å². The Morgan fingerprint density at radius 2 is 0.571 bits per heavy atom. The Morgan fingerprint density at radius 3 is 0.884 bits per heavy atom. The minimum absolute atomic E-state index is 0.0369. The predicted octanol–water partition coefficient (Wildman–Crippen LogP) is 19.6. The first kappa shape index (κ1) is 93.3. The summed E-state index contributed by atoms with van der Waals surface area (Å²) in [5, 5.41) is 44.6. The van der Waals surface area contributed by atoms with Crippen molar-refractivity contribution in [2.24, 2.45) is 23.7 Å². The third kappa shape index (κ3) is 20.4. The van der Waals surface area contributed by atoms with E-state index in [2.05, 4.69) is 162 Å². The number of carbonyl (C=O) groups is 4. The molecule has 0 aliphatic heterocycles. The molecule has 4 amide bonds. The summed E-state index contributed by atoms with van der Waals surface area (Å²) in [4.78, 5) is 151. The highest BCUT2D eigenvalue weighted by Gasteiger charge is 2.25. The van der Waals surface area contributed by atoms with Crippen LogP contribution in [0.5, 0.6) is 0 Å². The van der Waals surface area contributed by atoms with Gasteiger partial charge in [0.2, 0.25) is 23.6 Å². The van der Waals surface area contributed by atoms with Crippen LogP contribution in [0, 0.1) is 23.7 Å². The van der Waals surface area contributed by atoms with E-state index >= 15 is 0 Å². The van der Waals surface area contributed by atoms with Gasteiger partial charge in [0.1, 0.15) is 33.8 Å². The van der Waals surface area contributed by atoms with E-state index in [4.69, 9.17) is 19.9 Å². The number of imidazole rings is 4. The molecule has 0 bridgehead atoms. The normalized spacial score (nSPS) is 11.4. The van der Waals surface area contributed by atoms with Gasteiger partial charge in [-0.05, 0) is 120 Å². The highest BCUT2D eigenvalue weighted by Crippen LogP contribution is 2.40. The fourth-order valence-corrected chi connectivity index (χ4v) is 16.8. The van der Waals surface area contributed by atoms with Gasteiger partial charge in [-0.2, -0.15) is 20.4 Å². The quantitative estimate of drug-likeness (QED) is 0.0283. The molecule has 12 N–H and O–H groups in total.